The number of nitrogens with zero attached hydrogens (tertiary/aromatic N) is 2. The van der Waals surface area contributed by atoms with E-state index in [2.05, 4.69) is 9.55 Å². The van der Waals surface area contributed by atoms with Crippen LogP contribution < -0.4 is 0 Å². The highest BCUT2D eigenvalue weighted by atomic mass is 19.4. The summed E-state index contributed by atoms with van der Waals surface area (Å²) >= 11 is 0. The van der Waals surface area contributed by atoms with Crippen LogP contribution in [0.1, 0.15) is 35.5 Å². The molecule has 0 amide bonds. The number of halogens is 3. The van der Waals surface area contributed by atoms with E-state index in [1.807, 2.05) is 6.20 Å². The van der Waals surface area contributed by atoms with E-state index >= 15 is 0 Å². The Morgan fingerprint density at radius 3 is 2.80 bits per heavy atom. The Balaban J connectivity index is 1.82. The average molecular weight is 280 g/mol. The van der Waals surface area contributed by atoms with Gasteiger partial charge in [0.05, 0.1) is 11.3 Å². The highest BCUT2D eigenvalue weighted by molar-refractivity contribution is 5.28. The van der Waals surface area contributed by atoms with Crippen LogP contribution in [0.15, 0.2) is 30.5 Å². The minimum Gasteiger partial charge on any atom is -0.335 e. The molecule has 1 aliphatic heterocycles. The molecule has 0 unspecified atom stereocenters. The Morgan fingerprint density at radius 1 is 1.20 bits per heavy atom. The van der Waals surface area contributed by atoms with E-state index in [0.717, 1.165) is 43.4 Å². The molecule has 0 atom stereocenters. The summed E-state index contributed by atoms with van der Waals surface area (Å²) in [6.45, 7) is 0.963. The van der Waals surface area contributed by atoms with Crippen LogP contribution in [0.3, 0.4) is 0 Å². The number of alkyl halides is 3. The molecule has 1 aromatic heterocycles. The molecular formula is C15H15F3N2. The zero-order valence-electron chi connectivity index (χ0n) is 11.0. The van der Waals surface area contributed by atoms with Crippen LogP contribution in [0.25, 0.3) is 0 Å². The van der Waals surface area contributed by atoms with Gasteiger partial charge in [-0.1, -0.05) is 18.2 Å². The second-order valence-electron chi connectivity index (χ2n) is 5.17. The summed E-state index contributed by atoms with van der Waals surface area (Å²) in [6.07, 6.45) is 1.37. The zero-order valence-corrected chi connectivity index (χ0v) is 11.0. The van der Waals surface area contributed by atoms with E-state index in [9.17, 15) is 13.2 Å². The lowest BCUT2D eigenvalue weighted by molar-refractivity contribution is -0.137. The van der Waals surface area contributed by atoms with Gasteiger partial charge in [-0.3, -0.25) is 0 Å². The number of hydrogen-bond acceptors (Lipinski definition) is 1. The average Bonchev–Trinajstić information content (AvgIpc) is 2.80. The second-order valence-corrected chi connectivity index (χ2v) is 5.17. The molecule has 0 spiro atoms. The smallest absolute Gasteiger partial charge is 0.335 e. The van der Waals surface area contributed by atoms with Gasteiger partial charge in [0.2, 0.25) is 0 Å². The van der Waals surface area contributed by atoms with Gasteiger partial charge in [0.15, 0.2) is 0 Å². The minimum absolute atomic E-state index is 0.448. The predicted octanol–water partition coefficient (Wildman–Crippen LogP) is 3.83. The molecule has 3 rings (SSSR count). The standard InChI is InChI=1S/C15H15F3N2/c16-15(17,18)12-5-3-4-11(8-12)9-13-10-20-7-2-1-6-14(20)19-13/h3-5,8,10H,1-2,6-7,9H2. The van der Waals surface area contributed by atoms with Crippen molar-refractivity contribution >= 4 is 0 Å². The molecule has 1 aliphatic rings. The molecule has 1 aromatic carbocycles. The Labute approximate surface area is 115 Å². The molecule has 2 nitrogen and oxygen atoms in total. The van der Waals surface area contributed by atoms with Crippen LogP contribution in [-0.4, -0.2) is 9.55 Å². The Bertz CT molecular complexity index is 590. The van der Waals surface area contributed by atoms with Crippen molar-refractivity contribution in [3.05, 3.63) is 53.1 Å². The number of benzene rings is 1. The predicted molar refractivity (Wildman–Crippen MR) is 69.4 cm³/mol. The van der Waals surface area contributed by atoms with Crippen LogP contribution >= 0.6 is 0 Å². The van der Waals surface area contributed by atoms with Crippen molar-refractivity contribution in [1.82, 2.24) is 9.55 Å². The lowest BCUT2D eigenvalue weighted by Crippen LogP contribution is -2.08. The summed E-state index contributed by atoms with van der Waals surface area (Å²) in [6, 6.07) is 5.47. The fourth-order valence-corrected chi connectivity index (χ4v) is 2.62. The van der Waals surface area contributed by atoms with E-state index in [0.29, 0.717) is 12.0 Å². The maximum absolute atomic E-state index is 12.7. The monoisotopic (exact) mass is 280 g/mol. The third-order valence-corrected chi connectivity index (χ3v) is 3.60. The van der Waals surface area contributed by atoms with Crippen molar-refractivity contribution < 1.29 is 13.2 Å². The highest BCUT2D eigenvalue weighted by Gasteiger charge is 2.30. The molecule has 0 saturated carbocycles. The van der Waals surface area contributed by atoms with E-state index in [1.165, 1.54) is 12.1 Å². The van der Waals surface area contributed by atoms with Crippen molar-refractivity contribution in [1.29, 1.82) is 0 Å². The number of aryl methyl sites for hydroxylation is 2. The molecule has 0 fully saturated rings. The summed E-state index contributed by atoms with van der Waals surface area (Å²) in [5, 5.41) is 0. The SMILES string of the molecule is FC(F)(F)c1cccc(Cc2cn3c(n2)CCCC3)c1. The maximum Gasteiger partial charge on any atom is 0.416 e. The van der Waals surface area contributed by atoms with Gasteiger partial charge in [-0.2, -0.15) is 13.2 Å². The van der Waals surface area contributed by atoms with Crippen LogP contribution in [0.5, 0.6) is 0 Å². The topological polar surface area (TPSA) is 17.8 Å². The van der Waals surface area contributed by atoms with Crippen LogP contribution in [0.2, 0.25) is 0 Å². The second kappa shape index (κ2) is 4.96. The Kier molecular flexibility index (Phi) is 3.28. The number of hydrogen-bond donors (Lipinski definition) is 0. The molecule has 5 heteroatoms. The van der Waals surface area contributed by atoms with Crippen molar-refractivity contribution in [2.75, 3.05) is 0 Å². The summed E-state index contributed by atoms with van der Waals surface area (Å²) in [7, 11) is 0. The summed E-state index contributed by atoms with van der Waals surface area (Å²) < 4.78 is 40.1. The molecule has 0 saturated heterocycles. The number of rotatable bonds is 2. The molecule has 0 N–H and O–H groups in total. The first-order valence-electron chi connectivity index (χ1n) is 6.73. The molecule has 2 heterocycles. The molecule has 2 aromatic rings. The molecule has 0 aliphatic carbocycles. The van der Waals surface area contributed by atoms with Crippen LogP contribution in [0, 0.1) is 0 Å². The number of imidazole rings is 1. The lowest BCUT2D eigenvalue weighted by Gasteiger charge is -2.11. The van der Waals surface area contributed by atoms with Crippen molar-refractivity contribution in [2.45, 2.75) is 38.4 Å². The summed E-state index contributed by atoms with van der Waals surface area (Å²) in [5.74, 6) is 1.05. The normalized spacial score (nSPS) is 15.2. The quantitative estimate of drug-likeness (QED) is 0.817. The van der Waals surface area contributed by atoms with Crippen molar-refractivity contribution in [2.24, 2.45) is 0 Å². The minimum atomic E-state index is -4.29. The van der Waals surface area contributed by atoms with Crippen molar-refractivity contribution in [3.63, 3.8) is 0 Å². The molecule has 0 bridgehead atoms. The third-order valence-electron chi connectivity index (χ3n) is 3.60. The van der Waals surface area contributed by atoms with Gasteiger partial charge >= 0.3 is 6.18 Å². The number of fused-ring (bicyclic) bond motifs is 1. The zero-order chi connectivity index (χ0) is 14.2. The van der Waals surface area contributed by atoms with Gasteiger partial charge < -0.3 is 4.57 Å². The first kappa shape index (κ1) is 13.2. The highest BCUT2D eigenvalue weighted by Crippen LogP contribution is 2.30. The molecule has 20 heavy (non-hydrogen) atoms. The molecular weight excluding hydrogens is 265 g/mol. The largest absolute Gasteiger partial charge is 0.416 e. The summed E-state index contributed by atoms with van der Waals surface area (Å²) in [5.41, 5.74) is 0.899. The van der Waals surface area contributed by atoms with Gasteiger partial charge in [0, 0.05) is 25.6 Å². The van der Waals surface area contributed by atoms with Crippen LogP contribution in [-0.2, 0) is 25.6 Å². The first-order valence-corrected chi connectivity index (χ1v) is 6.73. The van der Waals surface area contributed by atoms with Crippen LogP contribution in [0.4, 0.5) is 13.2 Å². The van der Waals surface area contributed by atoms with E-state index in [4.69, 9.17) is 0 Å². The van der Waals surface area contributed by atoms with Gasteiger partial charge in [0.1, 0.15) is 5.82 Å². The van der Waals surface area contributed by atoms with Gasteiger partial charge in [-0.05, 0) is 24.5 Å². The first-order chi connectivity index (χ1) is 9.52. The van der Waals surface area contributed by atoms with Crippen molar-refractivity contribution in [3.8, 4) is 0 Å². The molecule has 106 valence electrons. The lowest BCUT2D eigenvalue weighted by atomic mass is 10.1. The third kappa shape index (κ3) is 2.71. The van der Waals surface area contributed by atoms with E-state index in [1.54, 1.807) is 6.07 Å². The van der Waals surface area contributed by atoms with E-state index in [-0.39, 0.29) is 0 Å². The molecule has 0 radical (unpaired) electrons. The fraction of sp³-hybridized carbons (Fsp3) is 0.400. The van der Waals surface area contributed by atoms with Gasteiger partial charge in [-0.15, -0.1) is 0 Å². The Morgan fingerprint density at radius 2 is 2.05 bits per heavy atom. The van der Waals surface area contributed by atoms with E-state index < -0.39 is 11.7 Å². The fourth-order valence-electron chi connectivity index (χ4n) is 2.62. The number of aromatic nitrogens is 2. The summed E-state index contributed by atoms with van der Waals surface area (Å²) in [4.78, 5) is 4.52. The maximum atomic E-state index is 12.7. The Hall–Kier alpha value is -1.78. The van der Waals surface area contributed by atoms with Gasteiger partial charge in [0.25, 0.3) is 0 Å². The van der Waals surface area contributed by atoms with Gasteiger partial charge in [-0.25, -0.2) is 4.98 Å².